The van der Waals surface area contributed by atoms with Gasteiger partial charge >= 0.3 is 0 Å². The van der Waals surface area contributed by atoms with E-state index >= 15 is 0 Å². The molecule has 0 atom stereocenters. The van der Waals surface area contributed by atoms with Crippen LogP contribution in [0, 0.1) is 5.82 Å². The van der Waals surface area contributed by atoms with Gasteiger partial charge in [0.05, 0.1) is 5.56 Å². The maximum Gasteiger partial charge on any atom is 0.153 e. The van der Waals surface area contributed by atoms with Gasteiger partial charge in [0.2, 0.25) is 0 Å². The Morgan fingerprint density at radius 2 is 2.23 bits per heavy atom. The molecule has 1 aromatic heterocycles. The van der Waals surface area contributed by atoms with Gasteiger partial charge in [-0.05, 0) is 18.2 Å². The van der Waals surface area contributed by atoms with E-state index in [-0.39, 0.29) is 5.56 Å². The van der Waals surface area contributed by atoms with Crippen LogP contribution < -0.4 is 0 Å². The van der Waals surface area contributed by atoms with Crippen molar-refractivity contribution in [3.63, 3.8) is 0 Å². The molecule has 0 aliphatic heterocycles. The van der Waals surface area contributed by atoms with Crippen LogP contribution in [0.2, 0.25) is 0 Å². The first kappa shape index (κ1) is 7.98. The zero-order chi connectivity index (χ0) is 9.42. The summed E-state index contributed by atoms with van der Waals surface area (Å²) >= 11 is 0. The predicted molar refractivity (Wildman–Crippen MR) is 48.3 cm³/mol. The smallest absolute Gasteiger partial charge is 0.153 e. The molecule has 2 rings (SSSR count). The van der Waals surface area contributed by atoms with Crippen molar-refractivity contribution in [1.82, 2.24) is 4.57 Å². The van der Waals surface area contributed by atoms with Gasteiger partial charge in [0.1, 0.15) is 5.82 Å². The number of hydrogen-bond acceptors (Lipinski definition) is 1. The van der Waals surface area contributed by atoms with Crippen molar-refractivity contribution < 1.29 is 9.18 Å². The number of nitrogens with zero attached hydrogens (tertiary/aromatic N) is 1. The second-order valence-corrected chi connectivity index (χ2v) is 2.98. The van der Waals surface area contributed by atoms with E-state index in [9.17, 15) is 9.18 Å². The molecule has 2 nitrogen and oxygen atoms in total. The molecule has 0 amide bonds. The number of aryl methyl sites for hydroxylation is 1. The number of aldehydes is 1. The number of fused-ring (bicyclic) bond motifs is 1. The van der Waals surface area contributed by atoms with Crippen LogP contribution in [0.3, 0.4) is 0 Å². The quantitative estimate of drug-likeness (QED) is 0.611. The summed E-state index contributed by atoms with van der Waals surface area (Å²) in [4.78, 5) is 10.5. The molecule has 2 aromatic rings. The van der Waals surface area contributed by atoms with Crippen LogP contribution in [0.5, 0.6) is 0 Å². The molecule has 0 radical (unpaired) electrons. The van der Waals surface area contributed by atoms with Crippen molar-refractivity contribution in [2.24, 2.45) is 7.05 Å². The van der Waals surface area contributed by atoms with Crippen molar-refractivity contribution in [2.45, 2.75) is 0 Å². The fraction of sp³-hybridized carbons (Fsp3) is 0.100. The Hall–Kier alpha value is -1.64. The van der Waals surface area contributed by atoms with Crippen molar-refractivity contribution >= 4 is 17.2 Å². The fourth-order valence-electron chi connectivity index (χ4n) is 1.40. The summed E-state index contributed by atoms with van der Waals surface area (Å²) in [6.07, 6.45) is 2.36. The second-order valence-electron chi connectivity index (χ2n) is 2.98. The molecule has 1 aromatic carbocycles. The minimum Gasteiger partial charge on any atom is -0.351 e. The topological polar surface area (TPSA) is 22.0 Å². The van der Waals surface area contributed by atoms with Crippen LogP contribution in [0.1, 0.15) is 10.4 Å². The molecule has 1 heterocycles. The molecule has 66 valence electrons. The number of halogens is 1. The first-order chi connectivity index (χ1) is 6.22. The Morgan fingerprint density at radius 1 is 1.46 bits per heavy atom. The Balaban J connectivity index is 2.84. The molecular formula is C10H8FNO. The van der Waals surface area contributed by atoms with Crippen LogP contribution in [0.25, 0.3) is 10.9 Å². The molecule has 0 aliphatic rings. The van der Waals surface area contributed by atoms with Crippen molar-refractivity contribution in [2.75, 3.05) is 0 Å². The van der Waals surface area contributed by atoms with Gasteiger partial charge in [-0.2, -0.15) is 0 Å². The lowest BCUT2D eigenvalue weighted by atomic mass is 10.2. The summed E-state index contributed by atoms with van der Waals surface area (Å²) < 4.78 is 14.9. The molecule has 3 heteroatoms. The van der Waals surface area contributed by atoms with Crippen molar-refractivity contribution in [1.29, 1.82) is 0 Å². The number of benzene rings is 1. The Kier molecular flexibility index (Phi) is 1.65. The van der Waals surface area contributed by atoms with Gasteiger partial charge in [0.15, 0.2) is 6.29 Å². The third-order valence-corrected chi connectivity index (χ3v) is 2.13. The average Bonchev–Trinajstić information content (AvgIpc) is 2.46. The van der Waals surface area contributed by atoms with Crippen molar-refractivity contribution in [3.8, 4) is 0 Å². The summed E-state index contributed by atoms with van der Waals surface area (Å²) in [6, 6.07) is 4.74. The Morgan fingerprint density at radius 3 is 2.92 bits per heavy atom. The second kappa shape index (κ2) is 2.69. The van der Waals surface area contributed by atoms with E-state index in [1.807, 2.05) is 23.9 Å². The van der Waals surface area contributed by atoms with Crippen LogP contribution in [-0.2, 0) is 7.05 Å². The number of aromatic nitrogens is 1. The highest BCUT2D eigenvalue weighted by molar-refractivity contribution is 5.87. The van der Waals surface area contributed by atoms with E-state index in [1.165, 1.54) is 6.07 Å². The van der Waals surface area contributed by atoms with E-state index in [4.69, 9.17) is 0 Å². The summed E-state index contributed by atoms with van der Waals surface area (Å²) in [5.74, 6) is -0.464. The highest BCUT2D eigenvalue weighted by Crippen LogP contribution is 2.18. The van der Waals surface area contributed by atoms with E-state index in [2.05, 4.69) is 0 Å². The lowest BCUT2D eigenvalue weighted by Crippen LogP contribution is -1.90. The third-order valence-electron chi connectivity index (χ3n) is 2.13. The largest absolute Gasteiger partial charge is 0.351 e. The predicted octanol–water partition coefficient (Wildman–Crippen LogP) is 2.13. The SMILES string of the molecule is Cn1ccc2cc(F)c(C=O)cc21. The lowest BCUT2D eigenvalue weighted by Gasteiger charge is -1.98. The maximum atomic E-state index is 13.1. The zero-order valence-corrected chi connectivity index (χ0v) is 7.12. The molecule has 0 unspecified atom stereocenters. The molecule has 0 aliphatic carbocycles. The molecule has 0 bridgehead atoms. The summed E-state index contributed by atoms with van der Waals surface area (Å²) in [6.45, 7) is 0. The van der Waals surface area contributed by atoms with Crippen molar-refractivity contribution in [3.05, 3.63) is 35.8 Å². The molecule has 0 fully saturated rings. The number of hydrogen-bond donors (Lipinski definition) is 0. The van der Waals surface area contributed by atoms with E-state index < -0.39 is 5.82 Å². The highest BCUT2D eigenvalue weighted by atomic mass is 19.1. The Bertz CT molecular complexity index is 473. The van der Waals surface area contributed by atoms with Crippen LogP contribution >= 0.6 is 0 Å². The number of rotatable bonds is 1. The summed E-state index contributed by atoms with van der Waals surface area (Å²) in [5, 5.41) is 0.811. The standard InChI is InChI=1S/C10H8FNO/c1-12-3-2-7-4-9(11)8(6-13)5-10(7)12/h2-6H,1H3. The van der Waals surface area contributed by atoms with E-state index in [0.29, 0.717) is 6.29 Å². The van der Waals surface area contributed by atoms with Gasteiger partial charge in [-0.3, -0.25) is 4.79 Å². The minimum atomic E-state index is -0.464. The van der Waals surface area contributed by atoms with Gasteiger partial charge in [0.25, 0.3) is 0 Å². The zero-order valence-electron chi connectivity index (χ0n) is 7.12. The van der Waals surface area contributed by atoms with Gasteiger partial charge in [-0.25, -0.2) is 4.39 Å². The normalized spacial score (nSPS) is 10.6. The average molecular weight is 177 g/mol. The third kappa shape index (κ3) is 1.13. The molecule has 0 saturated heterocycles. The molecule has 0 saturated carbocycles. The van der Waals surface area contributed by atoms with Crippen LogP contribution in [0.4, 0.5) is 4.39 Å². The first-order valence-corrected chi connectivity index (χ1v) is 3.92. The molecule has 0 spiro atoms. The fourth-order valence-corrected chi connectivity index (χ4v) is 1.40. The van der Waals surface area contributed by atoms with E-state index in [1.54, 1.807) is 6.07 Å². The van der Waals surface area contributed by atoms with Gasteiger partial charge in [-0.15, -0.1) is 0 Å². The van der Waals surface area contributed by atoms with Crippen LogP contribution in [-0.4, -0.2) is 10.9 Å². The summed E-state index contributed by atoms with van der Waals surface area (Å²) in [5.41, 5.74) is 0.970. The molecule has 0 N–H and O–H groups in total. The van der Waals surface area contributed by atoms with Gasteiger partial charge < -0.3 is 4.57 Å². The van der Waals surface area contributed by atoms with Crippen LogP contribution in [0.15, 0.2) is 24.4 Å². The maximum absolute atomic E-state index is 13.1. The first-order valence-electron chi connectivity index (χ1n) is 3.92. The molecule has 13 heavy (non-hydrogen) atoms. The monoisotopic (exact) mass is 177 g/mol. The van der Waals surface area contributed by atoms with Gasteiger partial charge in [0, 0.05) is 24.1 Å². The van der Waals surface area contributed by atoms with E-state index in [0.717, 1.165) is 10.9 Å². The minimum absolute atomic E-state index is 0.106. The lowest BCUT2D eigenvalue weighted by molar-refractivity contribution is 0.112. The van der Waals surface area contributed by atoms with Gasteiger partial charge in [-0.1, -0.05) is 0 Å². The number of carbonyl (C=O) groups is 1. The summed E-state index contributed by atoms with van der Waals surface area (Å²) in [7, 11) is 1.86. The molecular weight excluding hydrogens is 169 g/mol. The Labute approximate surface area is 74.6 Å². The highest BCUT2D eigenvalue weighted by Gasteiger charge is 2.05. The number of carbonyl (C=O) groups excluding carboxylic acids is 1.